The molecule has 0 fully saturated rings. The Kier molecular flexibility index (Phi) is 5.95. The highest BCUT2D eigenvalue weighted by atomic mass is 35.5. The van der Waals surface area contributed by atoms with E-state index in [0.717, 1.165) is 27.4 Å². The Morgan fingerprint density at radius 1 is 0.897 bits per heavy atom. The number of halogens is 2. The lowest BCUT2D eigenvalue weighted by atomic mass is 10.1. The van der Waals surface area contributed by atoms with E-state index in [-0.39, 0.29) is 5.91 Å². The molecule has 0 aliphatic heterocycles. The van der Waals surface area contributed by atoms with Crippen molar-refractivity contribution in [2.75, 3.05) is 0 Å². The number of nitrogens with zero attached hydrogens (tertiary/aromatic N) is 1. The van der Waals surface area contributed by atoms with E-state index in [1.165, 1.54) is 0 Å². The summed E-state index contributed by atoms with van der Waals surface area (Å²) in [6.07, 6.45) is 0. The van der Waals surface area contributed by atoms with Gasteiger partial charge in [0.1, 0.15) is 5.01 Å². The average Bonchev–Trinajstić information content (AvgIpc) is 3.25. The first-order valence-corrected chi connectivity index (χ1v) is 10.6. The van der Waals surface area contributed by atoms with Crippen molar-refractivity contribution >= 4 is 40.4 Å². The van der Waals surface area contributed by atoms with Gasteiger partial charge in [0.25, 0.3) is 5.91 Å². The van der Waals surface area contributed by atoms with Crippen LogP contribution in [0.4, 0.5) is 0 Å². The van der Waals surface area contributed by atoms with Gasteiger partial charge in [-0.3, -0.25) is 4.79 Å². The molecule has 1 heterocycles. The standard InChI is InChI=1S/C23H16Cl2N2OS/c24-19-10-9-17(12-20(19)25)22(28)26-13-15-5-4-8-18(11-15)23-27-21(14-29-23)16-6-2-1-3-7-16/h1-12,14H,13H2,(H,26,28). The number of thiazole rings is 1. The maximum absolute atomic E-state index is 12.4. The van der Waals surface area contributed by atoms with Crippen molar-refractivity contribution in [3.05, 3.63) is 99.3 Å². The number of carbonyl (C=O) groups excluding carboxylic acids is 1. The predicted octanol–water partition coefficient (Wildman–Crippen LogP) is 6.71. The van der Waals surface area contributed by atoms with E-state index in [0.29, 0.717) is 22.2 Å². The van der Waals surface area contributed by atoms with Crippen molar-refractivity contribution in [2.45, 2.75) is 6.54 Å². The number of rotatable bonds is 5. The molecule has 4 aromatic rings. The Morgan fingerprint density at radius 2 is 1.69 bits per heavy atom. The number of benzene rings is 3. The lowest BCUT2D eigenvalue weighted by Gasteiger charge is -2.07. The van der Waals surface area contributed by atoms with Crippen LogP contribution in [-0.4, -0.2) is 10.9 Å². The van der Waals surface area contributed by atoms with Gasteiger partial charge in [-0.1, -0.05) is 71.7 Å². The molecule has 6 heteroatoms. The number of carbonyl (C=O) groups is 1. The maximum atomic E-state index is 12.4. The summed E-state index contributed by atoms with van der Waals surface area (Å²) < 4.78 is 0. The van der Waals surface area contributed by atoms with Crippen LogP contribution in [0.2, 0.25) is 10.0 Å². The first-order chi connectivity index (χ1) is 14.1. The molecule has 1 amide bonds. The van der Waals surface area contributed by atoms with Gasteiger partial charge in [0.15, 0.2) is 0 Å². The number of hydrogen-bond donors (Lipinski definition) is 1. The van der Waals surface area contributed by atoms with Crippen LogP contribution in [0.1, 0.15) is 15.9 Å². The van der Waals surface area contributed by atoms with Crippen LogP contribution in [0.3, 0.4) is 0 Å². The van der Waals surface area contributed by atoms with E-state index in [4.69, 9.17) is 28.2 Å². The minimum atomic E-state index is -0.199. The Labute approximate surface area is 183 Å². The van der Waals surface area contributed by atoms with Gasteiger partial charge in [0.05, 0.1) is 15.7 Å². The van der Waals surface area contributed by atoms with E-state index in [2.05, 4.69) is 10.7 Å². The van der Waals surface area contributed by atoms with Crippen molar-refractivity contribution in [3.63, 3.8) is 0 Å². The molecule has 0 radical (unpaired) electrons. The summed E-state index contributed by atoms with van der Waals surface area (Å²) >= 11 is 13.5. The second-order valence-electron chi connectivity index (χ2n) is 6.42. The first kappa shape index (κ1) is 19.6. The van der Waals surface area contributed by atoms with Crippen molar-refractivity contribution < 1.29 is 4.79 Å². The van der Waals surface area contributed by atoms with Crippen LogP contribution in [0, 0.1) is 0 Å². The first-order valence-electron chi connectivity index (χ1n) is 8.93. The molecule has 0 aliphatic rings. The molecule has 0 unspecified atom stereocenters. The van der Waals surface area contributed by atoms with Crippen LogP contribution in [0.5, 0.6) is 0 Å². The number of amides is 1. The number of nitrogens with one attached hydrogen (secondary N) is 1. The molecule has 0 spiro atoms. The molecule has 0 saturated carbocycles. The van der Waals surface area contributed by atoms with E-state index in [9.17, 15) is 4.79 Å². The third-order valence-corrected chi connectivity index (χ3v) is 6.01. The summed E-state index contributed by atoms with van der Waals surface area (Å²) in [6.45, 7) is 0.407. The highest BCUT2D eigenvalue weighted by Gasteiger charge is 2.10. The molecule has 0 bridgehead atoms. The maximum Gasteiger partial charge on any atom is 0.251 e. The highest BCUT2D eigenvalue weighted by Crippen LogP contribution is 2.29. The third kappa shape index (κ3) is 4.67. The molecule has 3 nitrogen and oxygen atoms in total. The number of aromatic nitrogens is 1. The molecular formula is C23H16Cl2N2OS. The van der Waals surface area contributed by atoms with Gasteiger partial charge in [-0.25, -0.2) is 4.98 Å². The normalized spacial score (nSPS) is 10.7. The molecular weight excluding hydrogens is 423 g/mol. The molecule has 4 rings (SSSR count). The molecule has 1 aromatic heterocycles. The summed E-state index contributed by atoms with van der Waals surface area (Å²) in [4.78, 5) is 17.1. The minimum absolute atomic E-state index is 0.199. The fourth-order valence-electron chi connectivity index (χ4n) is 2.88. The lowest BCUT2D eigenvalue weighted by Crippen LogP contribution is -2.22. The average molecular weight is 439 g/mol. The van der Waals surface area contributed by atoms with Crippen LogP contribution in [0.25, 0.3) is 21.8 Å². The molecule has 0 saturated heterocycles. The monoisotopic (exact) mass is 438 g/mol. The summed E-state index contributed by atoms with van der Waals surface area (Å²) in [6, 6.07) is 23.0. The summed E-state index contributed by atoms with van der Waals surface area (Å²) in [5.74, 6) is -0.199. The fraction of sp³-hybridized carbons (Fsp3) is 0.0435. The second-order valence-corrected chi connectivity index (χ2v) is 8.09. The molecule has 0 atom stereocenters. The van der Waals surface area contributed by atoms with E-state index in [1.807, 2.05) is 54.6 Å². The molecule has 0 aliphatic carbocycles. The van der Waals surface area contributed by atoms with Crippen molar-refractivity contribution in [3.8, 4) is 21.8 Å². The van der Waals surface area contributed by atoms with Crippen LogP contribution >= 0.6 is 34.5 Å². The van der Waals surface area contributed by atoms with Crippen LogP contribution < -0.4 is 5.32 Å². The molecule has 1 N–H and O–H groups in total. The van der Waals surface area contributed by atoms with Gasteiger partial charge >= 0.3 is 0 Å². The van der Waals surface area contributed by atoms with Crippen molar-refractivity contribution in [1.82, 2.24) is 10.3 Å². The molecule has 29 heavy (non-hydrogen) atoms. The zero-order valence-corrected chi connectivity index (χ0v) is 17.6. The third-order valence-electron chi connectivity index (χ3n) is 4.38. The Balaban J connectivity index is 1.47. The topological polar surface area (TPSA) is 42.0 Å². The van der Waals surface area contributed by atoms with Gasteiger partial charge in [0.2, 0.25) is 0 Å². The zero-order valence-electron chi connectivity index (χ0n) is 15.2. The van der Waals surface area contributed by atoms with Gasteiger partial charge in [0, 0.05) is 28.6 Å². The van der Waals surface area contributed by atoms with Gasteiger partial charge in [-0.15, -0.1) is 11.3 Å². The Hall–Kier alpha value is -2.66. The second kappa shape index (κ2) is 8.78. The van der Waals surface area contributed by atoms with Gasteiger partial charge < -0.3 is 5.32 Å². The quantitative estimate of drug-likeness (QED) is 0.375. The molecule has 144 valence electrons. The fourth-order valence-corrected chi connectivity index (χ4v) is 4.01. The van der Waals surface area contributed by atoms with Crippen LogP contribution in [-0.2, 0) is 6.54 Å². The van der Waals surface area contributed by atoms with E-state index < -0.39 is 0 Å². The van der Waals surface area contributed by atoms with Crippen molar-refractivity contribution in [2.24, 2.45) is 0 Å². The van der Waals surface area contributed by atoms with E-state index >= 15 is 0 Å². The summed E-state index contributed by atoms with van der Waals surface area (Å²) in [7, 11) is 0. The molecule has 3 aromatic carbocycles. The zero-order chi connectivity index (χ0) is 20.2. The summed E-state index contributed by atoms with van der Waals surface area (Å²) in [5.41, 5.74) is 4.55. The Bertz CT molecular complexity index is 1160. The smallest absolute Gasteiger partial charge is 0.251 e. The Morgan fingerprint density at radius 3 is 2.48 bits per heavy atom. The summed E-state index contributed by atoms with van der Waals surface area (Å²) in [5, 5.41) is 6.70. The minimum Gasteiger partial charge on any atom is -0.348 e. The van der Waals surface area contributed by atoms with Crippen LogP contribution in [0.15, 0.2) is 78.2 Å². The van der Waals surface area contributed by atoms with E-state index in [1.54, 1.807) is 29.5 Å². The lowest BCUT2D eigenvalue weighted by molar-refractivity contribution is 0.0951. The predicted molar refractivity (Wildman–Crippen MR) is 121 cm³/mol. The van der Waals surface area contributed by atoms with Crippen molar-refractivity contribution in [1.29, 1.82) is 0 Å². The largest absolute Gasteiger partial charge is 0.348 e. The number of hydrogen-bond acceptors (Lipinski definition) is 3. The van der Waals surface area contributed by atoms with Gasteiger partial charge in [-0.05, 0) is 29.8 Å². The SMILES string of the molecule is O=C(NCc1cccc(-c2nc(-c3ccccc3)cs2)c1)c1ccc(Cl)c(Cl)c1. The van der Waals surface area contributed by atoms with Gasteiger partial charge in [-0.2, -0.15) is 0 Å². The highest BCUT2D eigenvalue weighted by molar-refractivity contribution is 7.13.